The SMILES string of the molecule is CC12CCC3c4ccccc4CCC3C1CCC2(O)C#CCCO. The van der Waals surface area contributed by atoms with Crippen molar-refractivity contribution < 1.29 is 10.2 Å². The van der Waals surface area contributed by atoms with Crippen LogP contribution in [0.4, 0.5) is 0 Å². The van der Waals surface area contributed by atoms with Crippen LogP contribution in [0.25, 0.3) is 0 Å². The van der Waals surface area contributed by atoms with E-state index in [9.17, 15) is 5.11 Å². The Kier molecular flexibility index (Phi) is 3.98. The van der Waals surface area contributed by atoms with E-state index in [0.717, 1.165) is 19.3 Å². The van der Waals surface area contributed by atoms with Gasteiger partial charge in [0.05, 0.1) is 6.61 Å². The van der Waals surface area contributed by atoms with E-state index in [1.54, 1.807) is 11.1 Å². The predicted octanol–water partition coefficient (Wildman–Crippen LogP) is 3.66. The molecule has 2 heteroatoms. The van der Waals surface area contributed by atoms with Crippen LogP contribution >= 0.6 is 0 Å². The molecule has 2 nitrogen and oxygen atoms in total. The maximum absolute atomic E-state index is 11.3. The van der Waals surface area contributed by atoms with Crippen molar-refractivity contribution in [2.45, 2.75) is 63.4 Å². The summed E-state index contributed by atoms with van der Waals surface area (Å²) in [6.45, 7) is 2.35. The molecule has 0 spiro atoms. The highest BCUT2D eigenvalue weighted by atomic mass is 16.3. The van der Waals surface area contributed by atoms with Crippen LogP contribution in [0, 0.1) is 29.1 Å². The van der Waals surface area contributed by atoms with E-state index < -0.39 is 5.60 Å². The van der Waals surface area contributed by atoms with Crippen molar-refractivity contribution in [2.24, 2.45) is 17.3 Å². The van der Waals surface area contributed by atoms with Gasteiger partial charge in [-0.2, -0.15) is 0 Å². The van der Waals surface area contributed by atoms with Gasteiger partial charge >= 0.3 is 0 Å². The van der Waals surface area contributed by atoms with E-state index in [2.05, 4.69) is 43.0 Å². The van der Waals surface area contributed by atoms with E-state index in [1.807, 2.05) is 0 Å². The number of aryl methyl sites for hydroxylation is 1. The minimum absolute atomic E-state index is 0.0741. The molecule has 128 valence electrons. The minimum Gasteiger partial charge on any atom is -0.395 e. The van der Waals surface area contributed by atoms with Crippen LogP contribution in [0.3, 0.4) is 0 Å². The second kappa shape index (κ2) is 5.90. The molecular weight excluding hydrogens is 296 g/mol. The van der Waals surface area contributed by atoms with Gasteiger partial charge in [0.25, 0.3) is 0 Å². The van der Waals surface area contributed by atoms with Gasteiger partial charge in [0.1, 0.15) is 5.60 Å². The fraction of sp³-hybridized carbons (Fsp3) is 0.636. The van der Waals surface area contributed by atoms with Crippen LogP contribution in [-0.4, -0.2) is 22.4 Å². The summed E-state index contributed by atoms with van der Waals surface area (Å²) in [5, 5.41) is 20.3. The summed E-state index contributed by atoms with van der Waals surface area (Å²) in [5.41, 5.74) is 2.15. The maximum atomic E-state index is 11.3. The van der Waals surface area contributed by atoms with Crippen molar-refractivity contribution in [3.63, 3.8) is 0 Å². The molecule has 2 fully saturated rings. The first-order valence-corrected chi connectivity index (χ1v) is 9.50. The lowest BCUT2D eigenvalue weighted by molar-refractivity contribution is -0.0648. The van der Waals surface area contributed by atoms with Gasteiger partial charge in [0, 0.05) is 11.8 Å². The highest BCUT2D eigenvalue weighted by Crippen LogP contribution is 2.64. The fourth-order valence-electron chi connectivity index (χ4n) is 6.01. The van der Waals surface area contributed by atoms with Crippen LogP contribution in [0.1, 0.15) is 62.5 Å². The number of aliphatic hydroxyl groups is 2. The molecule has 1 aromatic rings. The Morgan fingerprint density at radius 1 is 1.17 bits per heavy atom. The molecule has 5 unspecified atom stereocenters. The lowest BCUT2D eigenvalue weighted by Gasteiger charge is -2.52. The highest BCUT2D eigenvalue weighted by molar-refractivity contribution is 5.36. The quantitative estimate of drug-likeness (QED) is 0.774. The summed E-state index contributed by atoms with van der Waals surface area (Å²) in [7, 11) is 0. The lowest BCUT2D eigenvalue weighted by Crippen LogP contribution is -2.50. The molecule has 3 aliphatic rings. The third-order valence-electron chi connectivity index (χ3n) is 7.32. The third-order valence-corrected chi connectivity index (χ3v) is 7.32. The zero-order valence-electron chi connectivity index (χ0n) is 14.6. The zero-order valence-corrected chi connectivity index (χ0v) is 14.6. The van der Waals surface area contributed by atoms with Gasteiger partial charge in [-0.15, -0.1) is 0 Å². The fourth-order valence-corrected chi connectivity index (χ4v) is 6.01. The molecule has 0 radical (unpaired) electrons. The van der Waals surface area contributed by atoms with E-state index in [0.29, 0.717) is 24.2 Å². The van der Waals surface area contributed by atoms with Gasteiger partial charge < -0.3 is 10.2 Å². The smallest absolute Gasteiger partial charge is 0.131 e. The highest BCUT2D eigenvalue weighted by Gasteiger charge is 2.61. The molecule has 0 bridgehead atoms. The summed E-state index contributed by atoms with van der Waals surface area (Å²) in [6.07, 6.45) is 6.99. The number of benzene rings is 1. The summed E-state index contributed by atoms with van der Waals surface area (Å²) >= 11 is 0. The molecule has 0 saturated heterocycles. The Hall–Kier alpha value is -1.30. The topological polar surface area (TPSA) is 40.5 Å². The standard InChI is InChI=1S/C22H28O2/c1-21-13-10-18-17-7-3-2-6-16(17)8-9-19(18)20(21)11-14-22(21,24)12-4-5-15-23/h2-3,6-7,18-20,23-24H,5,8-11,13-15H2,1H3. The van der Waals surface area contributed by atoms with Crippen LogP contribution < -0.4 is 0 Å². The largest absolute Gasteiger partial charge is 0.395 e. The number of fused-ring (bicyclic) bond motifs is 5. The number of hydrogen-bond acceptors (Lipinski definition) is 2. The van der Waals surface area contributed by atoms with Gasteiger partial charge in [-0.05, 0) is 67.4 Å². The van der Waals surface area contributed by atoms with E-state index >= 15 is 0 Å². The van der Waals surface area contributed by atoms with Crippen molar-refractivity contribution in [2.75, 3.05) is 6.61 Å². The molecular formula is C22H28O2. The van der Waals surface area contributed by atoms with Crippen molar-refractivity contribution >= 4 is 0 Å². The lowest BCUT2D eigenvalue weighted by atomic mass is 9.53. The molecule has 4 rings (SSSR count). The Balaban J connectivity index is 1.65. The minimum atomic E-state index is -0.866. The first-order chi connectivity index (χ1) is 11.6. The Morgan fingerprint density at radius 2 is 2.00 bits per heavy atom. The van der Waals surface area contributed by atoms with Crippen molar-refractivity contribution in [1.29, 1.82) is 0 Å². The van der Waals surface area contributed by atoms with Crippen LogP contribution in [-0.2, 0) is 6.42 Å². The van der Waals surface area contributed by atoms with E-state index in [1.165, 1.54) is 19.3 Å². The number of hydrogen-bond donors (Lipinski definition) is 2. The van der Waals surface area contributed by atoms with Gasteiger partial charge in [-0.3, -0.25) is 0 Å². The van der Waals surface area contributed by atoms with Crippen LogP contribution in [0.2, 0.25) is 0 Å². The first kappa shape index (κ1) is 16.2. The van der Waals surface area contributed by atoms with Crippen molar-refractivity contribution in [3.8, 4) is 11.8 Å². The van der Waals surface area contributed by atoms with Gasteiger partial charge in [-0.25, -0.2) is 0 Å². The average molecular weight is 324 g/mol. The van der Waals surface area contributed by atoms with Crippen molar-refractivity contribution in [1.82, 2.24) is 0 Å². The summed E-state index contributed by atoms with van der Waals surface area (Å²) < 4.78 is 0. The van der Waals surface area contributed by atoms with Gasteiger partial charge in [-0.1, -0.05) is 43.0 Å². The predicted molar refractivity (Wildman–Crippen MR) is 95.5 cm³/mol. The molecule has 2 saturated carbocycles. The van der Waals surface area contributed by atoms with Crippen LogP contribution in [0.15, 0.2) is 24.3 Å². The Morgan fingerprint density at radius 3 is 2.83 bits per heavy atom. The summed E-state index contributed by atoms with van der Waals surface area (Å²) in [4.78, 5) is 0. The van der Waals surface area contributed by atoms with E-state index in [-0.39, 0.29) is 12.0 Å². The molecule has 24 heavy (non-hydrogen) atoms. The number of aliphatic hydroxyl groups excluding tert-OH is 1. The zero-order chi connectivity index (χ0) is 16.8. The number of rotatable bonds is 1. The molecule has 3 aliphatic carbocycles. The molecule has 0 heterocycles. The average Bonchev–Trinajstić information content (AvgIpc) is 2.87. The van der Waals surface area contributed by atoms with E-state index in [4.69, 9.17) is 5.11 Å². The monoisotopic (exact) mass is 324 g/mol. The molecule has 5 atom stereocenters. The normalized spacial score (nSPS) is 40.0. The molecule has 0 aliphatic heterocycles. The van der Waals surface area contributed by atoms with Crippen molar-refractivity contribution in [3.05, 3.63) is 35.4 Å². The Bertz CT molecular complexity index is 685. The summed E-state index contributed by atoms with van der Waals surface area (Å²) in [5.74, 6) is 8.09. The molecule has 2 N–H and O–H groups in total. The van der Waals surface area contributed by atoms with Crippen LogP contribution in [0.5, 0.6) is 0 Å². The summed E-state index contributed by atoms with van der Waals surface area (Å²) in [6, 6.07) is 8.97. The first-order valence-electron chi connectivity index (χ1n) is 9.50. The molecule has 0 amide bonds. The maximum Gasteiger partial charge on any atom is 0.131 e. The van der Waals surface area contributed by atoms with Gasteiger partial charge in [0.2, 0.25) is 0 Å². The van der Waals surface area contributed by atoms with Gasteiger partial charge in [0.15, 0.2) is 0 Å². The molecule has 0 aromatic heterocycles. The Labute approximate surface area is 145 Å². The molecule has 1 aromatic carbocycles. The second-order valence-electron chi connectivity index (χ2n) is 8.24. The third kappa shape index (κ3) is 2.25. The second-order valence-corrected chi connectivity index (χ2v) is 8.24.